The van der Waals surface area contributed by atoms with Crippen molar-refractivity contribution in [2.75, 3.05) is 6.61 Å². The second-order valence-corrected chi connectivity index (χ2v) is 3.97. The summed E-state index contributed by atoms with van der Waals surface area (Å²) < 4.78 is 5.60. The SMILES string of the molecule is C=CCOc1ccc(C(N)CC)cc1CC=C. The van der Waals surface area contributed by atoms with Crippen molar-refractivity contribution < 1.29 is 4.74 Å². The van der Waals surface area contributed by atoms with Crippen molar-refractivity contribution >= 4 is 0 Å². The number of ether oxygens (including phenoxy) is 1. The molecular weight excluding hydrogens is 210 g/mol. The van der Waals surface area contributed by atoms with Crippen molar-refractivity contribution in [1.29, 1.82) is 0 Å². The summed E-state index contributed by atoms with van der Waals surface area (Å²) >= 11 is 0. The van der Waals surface area contributed by atoms with Crippen LogP contribution in [0.3, 0.4) is 0 Å². The van der Waals surface area contributed by atoms with Crippen LogP contribution in [0.4, 0.5) is 0 Å². The summed E-state index contributed by atoms with van der Waals surface area (Å²) in [5.41, 5.74) is 8.30. The van der Waals surface area contributed by atoms with E-state index in [1.165, 1.54) is 0 Å². The van der Waals surface area contributed by atoms with Gasteiger partial charge in [0.15, 0.2) is 0 Å². The Morgan fingerprint density at radius 1 is 1.35 bits per heavy atom. The molecule has 0 bridgehead atoms. The van der Waals surface area contributed by atoms with Crippen molar-refractivity contribution in [2.24, 2.45) is 5.73 Å². The fraction of sp³-hybridized carbons (Fsp3) is 0.333. The number of hydrogen-bond acceptors (Lipinski definition) is 2. The average Bonchev–Trinajstić information content (AvgIpc) is 2.36. The molecule has 1 rings (SSSR count). The van der Waals surface area contributed by atoms with Gasteiger partial charge in [0.1, 0.15) is 12.4 Å². The summed E-state index contributed by atoms with van der Waals surface area (Å²) in [5.74, 6) is 0.886. The Hall–Kier alpha value is -1.54. The lowest BCUT2D eigenvalue weighted by atomic mass is 10.0. The molecule has 0 spiro atoms. The van der Waals surface area contributed by atoms with Crippen LogP contribution in [0.5, 0.6) is 5.75 Å². The minimum absolute atomic E-state index is 0.0898. The molecule has 1 aromatic carbocycles. The Balaban J connectivity index is 2.98. The predicted octanol–water partition coefficient (Wildman–Crippen LogP) is 3.39. The van der Waals surface area contributed by atoms with Gasteiger partial charge >= 0.3 is 0 Å². The smallest absolute Gasteiger partial charge is 0.123 e. The van der Waals surface area contributed by atoms with Gasteiger partial charge in [-0.15, -0.1) is 6.58 Å². The van der Waals surface area contributed by atoms with Crippen molar-refractivity contribution in [1.82, 2.24) is 0 Å². The number of hydrogen-bond donors (Lipinski definition) is 1. The fourth-order valence-electron chi connectivity index (χ4n) is 1.67. The van der Waals surface area contributed by atoms with Gasteiger partial charge in [-0.1, -0.05) is 37.8 Å². The maximum Gasteiger partial charge on any atom is 0.123 e. The minimum atomic E-state index is 0.0898. The van der Waals surface area contributed by atoms with Crippen molar-refractivity contribution in [2.45, 2.75) is 25.8 Å². The van der Waals surface area contributed by atoms with E-state index in [1.807, 2.05) is 18.2 Å². The standard InChI is InChI=1S/C15H21NO/c1-4-7-13-11-12(14(16)6-3)8-9-15(13)17-10-5-2/h4-5,8-9,11,14H,1-2,6-7,10,16H2,3H3. The van der Waals surface area contributed by atoms with Gasteiger partial charge < -0.3 is 10.5 Å². The molecule has 0 radical (unpaired) electrons. The van der Waals surface area contributed by atoms with Crippen LogP contribution < -0.4 is 10.5 Å². The van der Waals surface area contributed by atoms with E-state index in [4.69, 9.17) is 10.5 Å². The normalized spacial score (nSPS) is 11.9. The molecule has 0 saturated carbocycles. The molecule has 2 N–H and O–H groups in total. The predicted molar refractivity (Wildman–Crippen MR) is 73.3 cm³/mol. The maximum atomic E-state index is 6.03. The molecule has 1 aromatic rings. The molecule has 0 heterocycles. The lowest BCUT2D eigenvalue weighted by Crippen LogP contribution is -2.09. The van der Waals surface area contributed by atoms with Gasteiger partial charge in [-0.25, -0.2) is 0 Å². The first-order chi connectivity index (χ1) is 8.22. The summed E-state index contributed by atoms with van der Waals surface area (Å²) in [4.78, 5) is 0. The molecule has 0 fully saturated rings. The van der Waals surface area contributed by atoms with Gasteiger partial charge in [-0.2, -0.15) is 0 Å². The summed E-state index contributed by atoms with van der Waals surface area (Å²) in [7, 11) is 0. The molecule has 2 nitrogen and oxygen atoms in total. The van der Waals surface area contributed by atoms with Gasteiger partial charge in [0.05, 0.1) is 0 Å². The lowest BCUT2D eigenvalue weighted by Gasteiger charge is -2.14. The van der Waals surface area contributed by atoms with Crippen LogP contribution >= 0.6 is 0 Å². The number of nitrogens with two attached hydrogens (primary N) is 1. The molecule has 0 saturated heterocycles. The minimum Gasteiger partial charge on any atom is -0.489 e. The number of benzene rings is 1. The molecule has 0 aliphatic heterocycles. The Labute approximate surface area is 104 Å². The van der Waals surface area contributed by atoms with Crippen LogP contribution in [0.15, 0.2) is 43.5 Å². The van der Waals surface area contributed by atoms with E-state index in [2.05, 4.69) is 26.1 Å². The molecule has 92 valence electrons. The van der Waals surface area contributed by atoms with Crippen LogP contribution in [-0.4, -0.2) is 6.61 Å². The van der Waals surface area contributed by atoms with E-state index < -0.39 is 0 Å². The highest BCUT2D eigenvalue weighted by molar-refractivity contribution is 5.39. The zero-order chi connectivity index (χ0) is 12.7. The number of rotatable bonds is 7. The maximum absolute atomic E-state index is 6.03. The Morgan fingerprint density at radius 2 is 2.12 bits per heavy atom. The zero-order valence-electron chi connectivity index (χ0n) is 10.5. The topological polar surface area (TPSA) is 35.2 Å². The highest BCUT2D eigenvalue weighted by Crippen LogP contribution is 2.24. The van der Waals surface area contributed by atoms with Crippen LogP contribution in [0.25, 0.3) is 0 Å². The third-order valence-electron chi connectivity index (χ3n) is 2.67. The second kappa shape index (κ2) is 6.92. The zero-order valence-corrected chi connectivity index (χ0v) is 10.5. The lowest BCUT2D eigenvalue weighted by molar-refractivity contribution is 0.359. The highest BCUT2D eigenvalue weighted by atomic mass is 16.5. The van der Waals surface area contributed by atoms with Gasteiger partial charge in [0.25, 0.3) is 0 Å². The van der Waals surface area contributed by atoms with E-state index in [1.54, 1.807) is 6.08 Å². The van der Waals surface area contributed by atoms with Gasteiger partial charge in [0, 0.05) is 6.04 Å². The quantitative estimate of drug-likeness (QED) is 0.730. The third kappa shape index (κ3) is 3.75. The van der Waals surface area contributed by atoms with E-state index in [-0.39, 0.29) is 6.04 Å². The van der Waals surface area contributed by atoms with Gasteiger partial charge in [-0.3, -0.25) is 0 Å². The molecule has 17 heavy (non-hydrogen) atoms. The first kappa shape index (κ1) is 13.5. The molecule has 0 aliphatic carbocycles. The van der Waals surface area contributed by atoms with Crippen molar-refractivity contribution in [3.05, 3.63) is 54.6 Å². The van der Waals surface area contributed by atoms with Crippen LogP contribution in [0, 0.1) is 0 Å². The molecule has 2 heteroatoms. The molecule has 1 unspecified atom stereocenters. The van der Waals surface area contributed by atoms with Crippen molar-refractivity contribution in [3.63, 3.8) is 0 Å². The van der Waals surface area contributed by atoms with Gasteiger partial charge in [0.2, 0.25) is 0 Å². The van der Waals surface area contributed by atoms with Crippen LogP contribution in [-0.2, 0) is 6.42 Å². The average molecular weight is 231 g/mol. The fourth-order valence-corrected chi connectivity index (χ4v) is 1.67. The van der Waals surface area contributed by atoms with E-state index in [0.29, 0.717) is 6.61 Å². The second-order valence-electron chi connectivity index (χ2n) is 3.97. The first-order valence-electron chi connectivity index (χ1n) is 5.95. The number of allylic oxidation sites excluding steroid dienone is 1. The molecule has 0 aromatic heterocycles. The van der Waals surface area contributed by atoms with E-state index >= 15 is 0 Å². The molecule has 0 aliphatic rings. The Kier molecular flexibility index (Phi) is 5.50. The molecule has 0 amide bonds. The highest BCUT2D eigenvalue weighted by Gasteiger charge is 2.08. The van der Waals surface area contributed by atoms with Crippen LogP contribution in [0.1, 0.15) is 30.5 Å². The largest absolute Gasteiger partial charge is 0.489 e. The summed E-state index contributed by atoms with van der Waals surface area (Å²) in [6.07, 6.45) is 5.33. The molecular formula is C15H21NO. The monoisotopic (exact) mass is 231 g/mol. The summed E-state index contributed by atoms with van der Waals surface area (Å²) in [6.45, 7) is 10.0. The molecule has 1 atom stereocenters. The van der Waals surface area contributed by atoms with E-state index in [0.717, 1.165) is 29.7 Å². The third-order valence-corrected chi connectivity index (χ3v) is 2.67. The van der Waals surface area contributed by atoms with Crippen molar-refractivity contribution in [3.8, 4) is 5.75 Å². The summed E-state index contributed by atoms with van der Waals surface area (Å²) in [6, 6.07) is 6.20. The first-order valence-corrected chi connectivity index (χ1v) is 5.95. The summed E-state index contributed by atoms with van der Waals surface area (Å²) in [5, 5.41) is 0. The Bertz CT molecular complexity index is 385. The van der Waals surface area contributed by atoms with Crippen LogP contribution in [0.2, 0.25) is 0 Å². The van der Waals surface area contributed by atoms with Gasteiger partial charge in [-0.05, 0) is 30.0 Å². The van der Waals surface area contributed by atoms with E-state index in [9.17, 15) is 0 Å². The Morgan fingerprint density at radius 3 is 2.71 bits per heavy atom.